The zero-order chi connectivity index (χ0) is 14.4. The maximum Gasteiger partial charge on any atom is 0.224 e. The molecule has 10 heteroatoms. The molecule has 3 rings (SSSR count). The minimum Gasteiger partial charge on any atom is -0.394 e. The number of hydrogen-bond acceptors (Lipinski definition) is 9. The number of aliphatic hydroxyl groups is 3. The van der Waals surface area contributed by atoms with Crippen LogP contribution in [0.4, 0.5) is 11.8 Å². The molecule has 1 aliphatic heterocycles. The molecule has 0 aliphatic carbocycles. The average Bonchev–Trinajstić information content (AvgIpc) is 2.93. The molecular formula is C10H14N6O4. The predicted octanol–water partition coefficient (Wildman–Crippen LogP) is -2.40. The minimum atomic E-state index is -1.23. The fraction of sp³-hybridized carbons (Fsp3) is 0.500. The largest absolute Gasteiger partial charge is 0.394 e. The van der Waals surface area contributed by atoms with Crippen molar-refractivity contribution >= 4 is 22.9 Å². The molecule has 0 bridgehead atoms. The molecule has 0 spiro atoms. The molecule has 3 heterocycles. The van der Waals surface area contributed by atoms with Gasteiger partial charge in [0.25, 0.3) is 0 Å². The Balaban J connectivity index is 2.07. The van der Waals surface area contributed by atoms with Crippen molar-refractivity contribution in [3.8, 4) is 0 Å². The van der Waals surface area contributed by atoms with E-state index in [4.69, 9.17) is 21.3 Å². The molecule has 20 heavy (non-hydrogen) atoms. The van der Waals surface area contributed by atoms with Crippen molar-refractivity contribution in [1.29, 1.82) is 0 Å². The second-order valence-electron chi connectivity index (χ2n) is 4.52. The van der Waals surface area contributed by atoms with Crippen LogP contribution in [0.5, 0.6) is 0 Å². The number of aromatic nitrogens is 4. The Morgan fingerprint density at radius 2 is 2.00 bits per heavy atom. The lowest BCUT2D eigenvalue weighted by molar-refractivity contribution is -0.0511. The summed E-state index contributed by atoms with van der Waals surface area (Å²) in [5.41, 5.74) is 11.8. The Hall–Kier alpha value is -2.01. The smallest absolute Gasteiger partial charge is 0.224 e. The summed E-state index contributed by atoms with van der Waals surface area (Å²) in [7, 11) is 0. The third-order valence-electron chi connectivity index (χ3n) is 3.26. The number of fused-ring (bicyclic) bond motifs is 1. The van der Waals surface area contributed by atoms with E-state index in [1.807, 2.05) is 0 Å². The molecule has 2 aromatic rings. The van der Waals surface area contributed by atoms with Gasteiger partial charge in [-0.15, -0.1) is 0 Å². The number of anilines is 2. The van der Waals surface area contributed by atoms with Crippen LogP contribution in [0.2, 0.25) is 0 Å². The van der Waals surface area contributed by atoms with Crippen molar-refractivity contribution in [2.24, 2.45) is 0 Å². The number of hydrogen-bond donors (Lipinski definition) is 5. The maximum absolute atomic E-state index is 9.99. The van der Waals surface area contributed by atoms with Gasteiger partial charge in [0, 0.05) is 0 Å². The van der Waals surface area contributed by atoms with Gasteiger partial charge in [-0.05, 0) is 0 Å². The number of ether oxygens (including phenoxy) is 1. The highest BCUT2D eigenvalue weighted by Gasteiger charge is 2.44. The molecule has 1 saturated heterocycles. The van der Waals surface area contributed by atoms with Gasteiger partial charge < -0.3 is 31.5 Å². The van der Waals surface area contributed by atoms with Crippen LogP contribution in [0.1, 0.15) is 6.23 Å². The van der Waals surface area contributed by atoms with E-state index in [1.165, 1.54) is 10.9 Å². The maximum atomic E-state index is 9.99. The summed E-state index contributed by atoms with van der Waals surface area (Å²) in [6.07, 6.45) is -2.92. The molecular weight excluding hydrogens is 268 g/mol. The Morgan fingerprint density at radius 3 is 2.65 bits per heavy atom. The average molecular weight is 282 g/mol. The van der Waals surface area contributed by atoms with Crippen LogP contribution in [0.25, 0.3) is 11.2 Å². The molecule has 0 radical (unpaired) electrons. The van der Waals surface area contributed by atoms with E-state index in [0.717, 1.165) is 0 Å². The molecule has 1 aliphatic rings. The molecule has 2 aromatic heterocycles. The summed E-state index contributed by atoms with van der Waals surface area (Å²) in [6.45, 7) is -0.416. The first-order valence-electron chi connectivity index (χ1n) is 5.91. The minimum absolute atomic E-state index is 0.0384. The highest BCUT2D eigenvalue weighted by molar-refractivity contribution is 5.82. The van der Waals surface area contributed by atoms with E-state index < -0.39 is 31.1 Å². The fourth-order valence-electron chi connectivity index (χ4n) is 2.25. The van der Waals surface area contributed by atoms with E-state index >= 15 is 0 Å². The van der Waals surface area contributed by atoms with E-state index in [9.17, 15) is 10.2 Å². The quantitative estimate of drug-likeness (QED) is 0.403. The van der Waals surface area contributed by atoms with Crippen molar-refractivity contribution in [2.45, 2.75) is 24.5 Å². The first-order valence-corrected chi connectivity index (χ1v) is 5.91. The van der Waals surface area contributed by atoms with Gasteiger partial charge in [0.05, 0.1) is 12.9 Å². The summed E-state index contributed by atoms with van der Waals surface area (Å²) in [6, 6.07) is 0. The van der Waals surface area contributed by atoms with Gasteiger partial charge in [-0.25, -0.2) is 4.98 Å². The number of nitrogens with zero attached hydrogens (tertiary/aromatic N) is 4. The topological polar surface area (TPSA) is 166 Å². The third-order valence-corrected chi connectivity index (χ3v) is 3.26. The molecule has 108 valence electrons. The number of nitrogens with two attached hydrogens (primary N) is 2. The first-order chi connectivity index (χ1) is 9.52. The van der Waals surface area contributed by atoms with Gasteiger partial charge in [-0.3, -0.25) is 4.57 Å². The second kappa shape index (κ2) is 4.52. The first kappa shape index (κ1) is 13.0. The summed E-state index contributed by atoms with van der Waals surface area (Å²) in [5.74, 6) is 0.0708. The summed E-state index contributed by atoms with van der Waals surface area (Å²) >= 11 is 0. The van der Waals surface area contributed by atoms with Crippen molar-refractivity contribution < 1.29 is 20.1 Å². The van der Waals surface area contributed by atoms with Crippen LogP contribution in [0.15, 0.2) is 6.33 Å². The van der Waals surface area contributed by atoms with Crippen LogP contribution in [0.3, 0.4) is 0 Å². The van der Waals surface area contributed by atoms with Gasteiger partial charge in [0.1, 0.15) is 23.8 Å². The Kier molecular flexibility index (Phi) is 2.94. The van der Waals surface area contributed by atoms with E-state index in [2.05, 4.69) is 15.0 Å². The fourth-order valence-corrected chi connectivity index (χ4v) is 2.25. The normalized spacial score (nSPS) is 30.1. The standard InChI is InChI=1S/C10H14N6O4/c11-7-4-8(15-10(12)14-7)16(2-13-4)9-6(19)5(18)3(1-17)20-9/h2-3,5-6,9,17-19H,1H2,(H4,11,12,14,15)/t3-,5?,6+,9-/m1/s1. The second-order valence-corrected chi connectivity index (χ2v) is 4.52. The van der Waals surface area contributed by atoms with E-state index in [1.54, 1.807) is 0 Å². The molecule has 10 nitrogen and oxygen atoms in total. The number of aliphatic hydroxyl groups excluding tert-OH is 3. The van der Waals surface area contributed by atoms with Crippen LogP contribution in [-0.4, -0.2) is 59.8 Å². The van der Waals surface area contributed by atoms with Gasteiger partial charge >= 0.3 is 0 Å². The van der Waals surface area contributed by atoms with Gasteiger partial charge in [0.2, 0.25) is 5.95 Å². The van der Waals surface area contributed by atoms with Crippen molar-refractivity contribution in [2.75, 3.05) is 18.1 Å². The highest BCUT2D eigenvalue weighted by atomic mass is 16.6. The predicted molar refractivity (Wildman–Crippen MR) is 67.2 cm³/mol. The van der Waals surface area contributed by atoms with Crippen molar-refractivity contribution in [3.05, 3.63) is 6.33 Å². The van der Waals surface area contributed by atoms with Crippen molar-refractivity contribution in [1.82, 2.24) is 19.5 Å². The number of imidazole rings is 1. The van der Waals surface area contributed by atoms with E-state index in [-0.39, 0.29) is 17.4 Å². The van der Waals surface area contributed by atoms with Crippen LogP contribution < -0.4 is 11.5 Å². The Bertz CT molecular complexity index is 646. The lowest BCUT2D eigenvalue weighted by Crippen LogP contribution is -2.33. The number of nitrogen functional groups attached to an aromatic ring is 2. The van der Waals surface area contributed by atoms with Crippen LogP contribution in [-0.2, 0) is 4.74 Å². The van der Waals surface area contributed by atoms with Crippen molar-refractivity contribution in [3.63, 3.8) is 0 Å². The summed E-state index contributed by atoms with van der Waals surface area (Å²) < 4.78 is 6.79. The number of rotatable bonds is 2. The van der Waals surface area contributed by atoms with Crippen LogP contribution >= 0.6 is 0 Å². The Labute approximate surface area is 112 Å². The lowest BCUT2D eigenvalue weighted by Gasteiger charge is -2.16. The zero-order valence-corrected chi connectivity index (χ0v) is 10.3. The molecule has 1 fully saturated rings. The third kappa shape index (κ3) is 1.78. The molecule has 1 unspecified atom stereocenters. The highest BCUT2D eigenvalue weighted by Crippen LogP contribution is 2.31. The van der Waals surface area contributed by atoms with Crippen LogP contribution in [0, 0.1) is 0 Å². The Morgan fingerprint density at radius 1 is 1.25 bits per heavy atom. The van der Waals surface area contributed by atoms with Gasteiger partial charge in [-0.1, -0.05) is 0 Å². The molecule has 0 amide bonds. The molecule has 0 saturated carbocycles. The van der Waals surface area contributed by atoms with E-state index in [0.29, 0.717) is 5.52 Å². The SMILES string of the molecule is Nc1nc(N)c2ncn([C@@H]3O[C@H](CO)C(O)[C@@H]3O)c2n1. The lowest BCUT2D eigenvalue weighted by atomic mass is 10.1. The summed E-state index contributed by atoms with van der Waals surface area (Å²) in [4.78, 5) is 11.8. The monoisotopic (exact) mass is 282 g/mol. The zero-order valence-electron chi connectivity index (χ0n) is 10.3. The molecule has 7 N–H and O–H groups in total. The van der Waals surface area contributed by atoms with Gasteiger partial charge in [-0.2, -0.15) is 9.97 Å². The molecule has 4 atom stereocenters. The molecule has 0 aromatic carbocycles. The van der Waals surface area contributed by atoms with Gasteiger partial charge in [0.15, 0.2) is 17.7 Å². The summed E-state index contributed by atoms with van der Waals surface area (Å²) in [5, 5.41) is 28.8.